The van der Waals surface area contributed by atoms with Crippen molar-refractivity contribution in [1.29, 1.82) is 0 Å². The quantitative estimate of drug-likeness (QED) is 0.356. The van der Waals surface area contributed by atoms with Crippen LogP contribution >= 0.6 is 0 Å². The maximum atomic E-state index is 4.23. The number of imidazole rings is 1. The maximum Gasteiger partial charge on any atom is 0.0948 e. The molecule has 1 rings (SSSR count). The summed E-state index contributed by atoms with van der Waals surface area (Å²) in [5.41, 5.74) is 0. The van der Waals surface area contributed by atoms with Crippen LogP contribution in [-0.4, -0.2) is 9.55 Å². The molecule has 0 N–H and O–H groups in total. The minimum absolute atomic E-state index is 0.681. The molecule has 21 heavy (non-hydrogen) atoms. The van der Waals surface area contributed by atoms with Gasteiger partial charge in [-0.3, -0.25) is 0 Å². The van der Waals surface area contributed by atoms with E-state index in [0.717, 1.165) is 0 Å². The zero-order valence-corrected chi connectivity index (χ0v) is 14.4. The van der Waals surface area contributed by atoms with Gasteiger partial charge in [0.1, 0.15) is 0 Å². The van der Waals surface area contributed by atoms with Crippen LogP contribution in [0.2, 0.25) is 0 Å². The largest absolute Gasteiger partial charge is 0.334 e. The summed E-state index contributed by atoms with van der Waals surface area (Å²) < 4.78 is 2.34. The van der Waals surface area contributed by atoms with E-state index in [0.29, 0.717) is 6.04 Å². The first kappa shape index (κ1) is 18.3. The van der Waals surface area contributed by atoms with Gasteiger partial charge in [0.05, 0.1) is 6.33 Å². The van der Waals surface area contributed by atoms with Gasteiger partial charge >= 0.3 is 0 Å². The Morgan fingerprint density at radius 2 is 1.29 bits per heavy atom. The second-order valence-electron chi connectivity index (χ2n) is 6.42. The Morgan fingerprint density at radius 3 is 1.81 bits per heavy atom. The van der Waals surface area contributed by atoms with Gasteiger partial charge in [-0.05, 0) is 12.8 Å². The topological polar surface area (TPSA) is 17.8 Å². The molecule has 0 saturated carbocycles. The van der Waals surface area contributed by atoms with Crippen molar-refractivity contribution in [3.63, 3.8) is 0 Å². The molecule has 0 spiro atoms. The van der Waals surface area contributed by atoms with Crippen molar-refractivity contribution in [1.82, 2.24) is 9.55 Å². The van der Waals surface area contributed by atoms with Gasteiger partial charge in [-0.15, -0.1) is 0 Å². The summed E-state index contributed by atoms with van der Waals surface area (Å²) in [4.78, 5) is 4.23. The Bertz CT molecular complexity index is 305. The van der Waals surface area contributed by atoms with Crippen molar-refractivity contribution in [3.05, 3.63) is 18.7 Å². The van der Waals surface area contributed by atoms with E-state index in [4.69, 9.17) is 0 Å². The summed E-state index contributed by atoms with van der Waals surface area (Å²) in [7, 11) is 0. The highest BCUT2D eigenvalue weighted by atomic mass is 15.0. The lowest BCUT2D eigenvalue weighted by Gasteiger charge is -2.18. The van der Waals surface area contributed by atoms with E-state index in [1.807, 2.05) is 12.5 Å². The summed E-state index contributed by atoms with van der Waals surface area (Å²) >= 11 is 0. The molecule has 0 fully saturated rings. The number of unbranched alkanes of at least 4 members (excludes halogenated alkanes) is 9. The van der Waals surface area contributed by atoms with E-state index in [1.165, 1.54) is 83.5 Å². The van der Waals surface area contributed by atoms with Crippen LogP contribution in [0.4, 0.5) is 0 Å². The standard InChI is InChI=1S/C19H36N2/c1-3-5-7-9-10-11-13-15-19(14-12-8-6-4-2)21-17-16-20-18-21/h16-19H,3-15H2,1-2H3. The van der Waals surface area contributed by atoms with Gasteiger partial charge in [0.2, 0.25) is 0 Å². The van der Waals surface area contributed by atoms with Gasteiger partial charge in [0.15, 0.2) is 0 Å². The maximum absolute atomic E-state index is 4.23. The molecule has 0 radical (unpaired) electrons. The first-order valence-electron chi connectivity index (χ1n) is 9.36. The smallest absolute Gasteiger partial charge is 0.0948 e. The summed E-state index contributed by atoms with van der Waals surface area (Å²) in [6.07, 6.45) is 24.0. The van der Waals surface area contributed by atoms with Gasteiger partial charge in [-0.1, -0.05) is 84.5 Å². The molecule has 122 valence electrons. The zero-order valence-electron chi connectivity index (χ0n) is 14.4. The molecule has 0 aromatic carbocycles. The fourth-order valence-electron chi connectivity index (χ4n) is 3.07. The van der Waals surface area contributed by atoms with Crippen molar-refractivity contribution >= 4 is 0 Å². The molecular weight excluding hydrogens is 256 g/mol. The molecule has 2 nitrogen and oxygen atoms in total. The molecule has 0 bridgehead atoms. The molecule has 1 unspecified atom stereocenters. The van der Waals surface area contributed by atoms with Crippen LogP contribution < -0.4 is 0 Å². The third-order valence-electron chi connectivity index (χ3n) is 4.48. The lowest BCUT2D eigenvalue weighted by Crippen LogP contribution is -2.07. The first-order chi connectivity index (χ1) is 10.4. The number of hydrogen-bond acceptors (Lipinski definition) is 1. The second-order valence-corrected chi connectivity index (χ2v) is 6.42. The summed E-state index contributed by atoms with van der Waals surface area (Å²) in [5.74, 6) is 0. The highest BCUT2D eigenvalue weighted by Crippen LogP contribution is 2.23. The van der Waals surface area contributed by atoms with Crippen molar-refractivity contribution in [2.24, 2.45) is 0 Å². The van der Waals surface area contributed by atoms with Crippen LogP contribution in [0.15, 0.2) is 18.7 Å². The van der Waals surface area contributed by atoms with E-state index >= 15 is 0 Å². The predicted molar refractivity (Wildman–Crippen MR) is 92.6 cm³/mol. The van der Waals surface area contributed by atoms with Gasteiger partial charge in [-0.25, -0.2) is 4.98 Å². The Balaban J connectivity index is 2.17. The fourth-order valence-corrected chi connectivity index (χ4v) is 3.07. The van der Waals surface area contributed by atoms with Crippen LogP contribution in [0.5, 0.6) is 0 Å². The lowest BCUT2D eigenvalue weighted by atomic mass is 10.0. The van der Waals surface area contributed by atoms with Crippen LogP contribution in [0.1, 0.15) is 103 Å². The van der Waals surface area contributed by atoms with Crippen molar-refractivity contribution in [2.75, 3.05) is 0 Å². The average molecular weight is 293 g/mol. The Morgan fingerprint density at radius 1 is 0.762 bits per heavy atom. The van der Waals surface area contributed by atoms with Crippen LogP contribution in [0, 0.1) is 0 Å². The Labute approximate surface area is 132 Å². The molecule has 0 saturated heterocycles. The van der Waals surface area contributed by atoms with Crippen molar-refractivity contribution in [2.45, 2.75) is 103 Å². The molecule has 1 aromatic rings. The van der Waals surface area contributed by atoms with Gasteiger partial charge in [0.25, 0.3) is 0 Å². The normalized spacial score (nSPS) is 12.7. The van der Waals surface area contributed by atoms with E-state index in [9.17, 15) is 0 Å². The number of rotatable bonds is 14. The molecule has 1 aromatic heterocycles. The summed E-state index contributed by atoms with van der Waals surface area (Å²) in [5, 5.41) is 0. The fraction of sp³-hybridized carbons (Fsp3) is 0.842. The number of hydrogen-bond donors (Lipinski definition) is 0. The van der Waals surface area contributed by atoms with Crippen molar-refractivity contribution in [3.8, 4) is 0 Å². The molecule has 1 heterocycles. The van der Waals surface area contributed by atoms with Crippen LogP contribution in [-0.2, 0) is 0 Å². The highest BCUT2D eigenvalue weighted by molar-refractivity contribution is 4.80. The molecule has 0 aliphatic rings. The van der Waals surface area contributed by atoms with Crippen LogP contribution in [0.25, 0.3) is 0 Å². The minimum atomic E-state index is 0.681. The minimum Gasteiger partial charge on any atom is -0.334 e. The third-order valence-corrected chi connectivity index (χ3v) is 4.48. The summed E-state index contributed by atoms with van der Waals surface area (Å²) in [6, 6.07) is 0.681. The number of aromatic nitrogens is 2. The van der Waals surface area contributed by atoms with Gasteiger partial charge < -0.3 is 4.57 Å². The third kappa shape index (κ3) is 8.95. The lowest BCUT2D eigenvalue weighted by molar-refractivity contribution is 0.395. The molecule has 1 atom stereocenters. The van der Waals surface area contributed by atoms with E-state index in [1.54, 1.807) is 0 Å². The molecule has 0 aliphatic carbocycles. The van der Waals surface area contributed by atoms with Gasteiger partial charge in [0, 0.05) is 18.4 Å². The Kier molecular flexibility index (Phi) is 11.2. The van der Waals surface area contributed by atoms with E-state index in [-0.39, 0.29) is 0 Å². The molecule has 0 amide bonds. The Hall–Kier alpha value is -0.790. The first-order valence-corrected chi connectivity index (χ1v) is 9.36. The van der Waals surface area contributed by atoms with E-state index < -0.39 is 0 Å². The van der Waals surface area contributed by atoms with Crippen LogP contribution in [0.3, 0.4) is 0 Å². The second kappa shape index (κ2) is 12.9. The average Bonchev–Trinajstić information content (AvgIpc) is 3.02. The molecule has 2 heteroatoms. The van der Waals surface area contributed by atoms with Gasteiger partial charge in [-0.2, -0.15) is 0 Å². The monoisotopic (exact) mass is 292 g/mol. The predicted octanol–water partition coefficient (Wildman–Crippen LogP) is 6.54. The molecule has 0 aliphatic heterocycles. The zero-order chi connectivity index (χ0) is 15.2. The SMILES string of the molecule is CCCCCCCCCC(CCCCCC)n1ccnc1. The van der Waals surface area contributed by atoms with E-state index in [2.05, 4.69) is 29.6 Å². The summed E-state index contributed by atoms with van der Waals surface area (Å²) in [6.45, 7) is 4.57. The highest BCUT2D eigenvalue weighted by Gasteiger charge is 2.09. The number of nitrogens with zero attached hydrogens (tertiary/aromatic N) is 2. The van der Waals surface area contributed by atoms with Crippen molar-refractivity contribution < 1.29 is 0 Å². The molecular formula is C19H36N2.